The van der Waals surface area contributed by atoms with Gasteiger partial charge in [-0.05, 0) is 24.3 Å². The highest BCUT2D eigenvalue weighted by Crippen LogP contribution is 2.21. The molecule has 0 unspecified atom stereocenters. The molecule has 0 radical (unpaired) electrons. The Balaban J connectivity index is 4.69. The fraction of sp³-hybridized carbons (Fsp3) is 0.300. The lowest BCUT2D eigenvalue weighted by Gasteiger charge is -2.08. The standard InChI is InChI=1S/C10H16BrN3/c1-7(11)10(6-14-3)4-9(5-12)8(2)13/h5-6,13-14H,1,4,12H2,2-3H3/b9-5-,10-6-,13-8?. The lowest BCUT2D eigenvalue weighted by molar-refractivity contribution is 1.05. The van der Waals surface area contributed by atoms with Crippen molar-refractivity contribution in [3.05, 3.63) is 34.6 Å². The highest BCUT2D eigenvalue weighted by molar-refractivity contribution is 9.11. The van der Waals surface area contributed by atoms with Crippen molar-refractivity contribution in [1.82, 2.24) is 5.32 Å². The van der Waals surface area contributed by atoms with Gasteiger partial charge in [-0.25, -0.2) is 0 Å². The summed E-state index contributed by atoms with van der Waals surface area (Å²) in [7, 11) is 1.82. The fourth-order valence-corrected chi connectivity index (χ4v) is 1.18. The van der Waals surface area contributed by atoms with E-state index in [-0.39, 0.29) is 0 Å². The molecule has 0 aliphatic heterocycles. The normalized spacial score (nSPS) is 12.5. The van der Waals surface area contributed by atoms with Gasteiger partial charge in [-0.3, -0.25) is 0 Å². The first-order valence-corrected chi connectivity index (χ1v) is 4.99. The summed E-state index contributed by atoms with van der Waals surface area (Å²) in [6.07, 6.45) is 3.90. The van der Waals surface area contributed by atoms with Crippen LogP contribution in [0.15, 0.2) is 34.6 Å². The van der Waals surface area contributed by atoms with Crippen LogP contribution < -0.4 is 11.1 Å². The smallest absolute Gasteiger partial charge is 0.0332 e. The number of nitrogens with one attached hydrogen (secondary N) is 2. The second-order valence-electron chi connectivity index (χ2n) is 2.86. The van der Waals surface area contributed by atoms with E-state index < -0.39 is 0 Å². The average molecular weight is 258 g/mol. The molecule has 0 aliphatic carbocycles. The zero-order chi connectivity index (χ0) is 11.1. The number of hydrogen-bond donors (Lipinski definition) is 3. The molecule has 0 rings (SSSR count). The van der Waals surface area contributed by atoms with E-state index in [1.807, 2.05) is 13.2 Å². The van der Waals surface area contributed by atoms with E-state index in [1.54, 1.807) is 6.92 Å². The number of halogens is 1. The van der Waals surface area contributed by atoms with Gasteiger partial charge >= 0.3 is 0 Å². The predicted octanol–water partition coefficient (Wildman–Crippen LogP) is 2.27. The van der Waals surface area contributed by atoms with E-state index in [2.05, 4.69) is 27.8 Å². The van der Waals surface area contributed by atoms with Crippen molar-refractivity contribution < 1.29 is 0 Å². The topological polar surface area (TPSA) is 61.9 Å². The molecule has 0 saturated heterocycles. The van der Waals surface area contributed by atoms with Crippen molar-refractivity contribution >= 4 is 21.6 Å². The van der Waals surface area contributed by atoms with E-state index in [9.17, 15) is 0 Å². The summed E-state index contributed by atoms with van der Waals surface area (Å²) in [5, 5.41) is 10.4. The molecule has 0 aromatic heterocycles. The van der Waals surface area contributed by atoms with Crippen molar-refractivity contribution in [2.24, 2.45) is 5.73 Å². The Morgan fingerprint density at radius 1 is 1.57 bits per heavy atom. The fourth-order valence-electron chi connectivity index (χ4n) is 0.921. The highest BCUT2D eigenvalue weighted by atomic mass is 79.9. The van der Waals surface area contributed by atoms with Crippen molar-refractivity contribution in [3.8, 4) is 0 Å². The summed E-state index contributed by atoms with van der Waals surface area (Å²) >= 11 is 3.31. The van der Waals surface area contributed by atoms with Crippen molar-refractivity contribution in [2.45, 2.75) is 13.3 Å². The Morgan fingerprint density at radius 2 is 2.14 bits per heavy atom. The summed E-state index contributed by atoms with van der Waals surface area (Å²) in [5.41, 5.74) is 7.68. The number of allylic oxidation sites excluding steroid dienone is 3. The number of hydrogen-bond acceptors (Lipinski definition) is 3. The van der Waals surface area contributed by atoms with Gasteiger partial charge < -0.3 is 16.5 Å². The van der Waals surface area contributed by atoms with Gasteiger partial charge in [0.2, 0.25) is 0 Å². The Bertz CT molecular complexity index is 290. The maximum absolute atomic E-state index is 7.48. The SMILES string of the molecule is C=C(Br)/C(=C\NC)C/C(=C/N)C(C)=N. The molecule has 14 heavy (non-hydrogen) atoms. The van der Waals surface area contributed by atoms with Gasteiger partial charge in [0.15, 0.2) is 0 Å². The molecule has 0 fully saturated rings. The van der Waals surface area contributed by atoms with E-state index in [4.69, 9.17) is 11.1 Å². The third-order valence-electron chi connectivity index (χ3n) is 1.73. The number of rotatable bonds is 5. The van der Waals surface area contributed by atoms with Crippen LogP contribution in [0.2, 0.25) is 0 Å². The molecule has 0 heterocycles. The van der Waals surface area contributed by atoms with Crippen LogP contribution in [0.5, 0.6) is 0 Å². The van der Waals surface area contributed by atoms with Crippen LogP contribution in [-0.2, 0) is 0 Å². The van der Waals surface area contributed by atoms with Crippen LogP contribution in [0, 0.1) is 5.41 Å². The third kappa shape index (κ3) is 4.28. The maximum atomic E-state index is 7.48. The van der Waals surface area contributed by atoms with Gasteiger partial charge in [-0.2, -0.15) is 0 Å². The van der Waals surface area contributed by atoms with E-state index >= 15 is 0 Å². The van der Waals surface area contributed by atoms with Crippen LogP contribution in [0.3, 0.4) is 0 Å². The summed E-state index contributed by atoms with van der Waals surface area (Å²) in [4.78, 5) is 0. The van der Waals surface area contributed by atoms with E-state index in [1.165, 1.54) is 6.20 Å². The largest absolute Gasteiger partial charge is 0.404 e. The second kappa shape index (κ2) is 6.43. The van der Waals surface area contributed by atoms with Crippen LogP contribution in [0.25, 0.3) is 0 Å². The molecule has 4 heteroatoms. The first-order chi connectivity index (χ1) is 6.52. The molecule has 4 N–H and O–H groups in total. The molecule has 0 spiro atoms. The van der Waals surface area contributed by atoms with Gasteiger partial charge in [0.1, 0.15) is 0 Å². The molecule has 0 aliphatic rings. The Kier molecular flexibility index (Phi) is 5.95. The molecule has 0 atom stereocenters. The molecule has 0 saturated carbocycles. The van der Waals surface area contributed by atoms with Gasteiger partial charge in [0, 0.05) is 29.9 Å². The molecule has 78 valence electrons. The second-order valence-corrected chi connectivity index (χ2v) is 3.81. The molecule has 0 aromatic rings. The Labute approximate surface area is 93.4 Å². The van der Waals surface area contributed by atoms with Crippen molar-refractivity contribution in [1.29, 1.82) is 5.41 Å². The van der Waals surface area contributed by atoms with Gasteiger partial charge in [-0.1, -0.05) is 22.5 Å². The number of nitrogens with two attached hydrogens (primary N) is 1. The minimum Gasteiger partial charge on any atom is -0.404 e. The summed E-state index contributed by atoms with van der Waals surface area (Å²) in [6, 6.07) is 0. The third-order valence-corrected chi connectivity index (χ3v) is 2.24. The first kappa shape index (κ1) is 13.0. The van der Waals surface area contributed by atoms with Crippen molar-refractivity contribution in [3.63, 3.8) is 0 Å². The summed E-state index contributed by atoms with van der Waals surface area (Å²) in [5.74, 6) is 0. The van der Waals surface area contributed by atoms with Crippen molar-refractivity contribution in [2.75, 3.05) is 7.05 Å². The van der Waals surface area contributed by atoms with Gasteiger partial charge in [-0.15, -0.1) is 0 Å². The summed E-state index contributed by atoms with van der Waals surface area (Å²) in [6.45, 7) is 5.51. The highest BCUT2D eigenvalue weighted by Gasteiger charge is 2.05. The average Bonchev–Trinajstić information content (AvgIpc) is 2.11. The van der Waals surface area contributed by atoms with Crippen LogP contribution >= 0.6 is 15.9 Å². The summed E-state index contributed by atoms with van der Waals surface area (Å²) < 4.78 is 0.799. The molecular weight excluding hydrogens is 242 g/mol. The minimum absolute atomic E-state index is 0.475. The lowest BCUT2D eigenvalue weighted by Crippen LogP contribution is -2.03. The molecule has 3 nitrogen and oxygen atoms in total. The zero-order valence-electron chi connectivity index (χ0n) is 8.52. The molecule has 0 aromatic carbocycles. The predicted molar refractivity (Wildman–Crippen MR) is 65.5 cm³/mol. The lowest BCUT2D eigenvalue weighted by atomic mass is 10.0. The molecule has 0 bridgehead atoms. The maximum Gasteiger partial charge on any atom is 0.0332 e. The van der Waals surface area contributed by atoms with E-state index in [0.717, 1.165) is 15.6 Å². The molecule has 0 amide bonds. The zero-order valence-corrected chi connectivity index (χ0v) is 10.1. The van der Waals surface area contributed by atoms with Crippen LogP contribution in [-0.4, -0.2) is 12.8 Å². The Hall–Kier alpha value is -1.03. The van der Waals surface area contributed by atoms with Crippen LogP contribution in [0.4, 0.5) is 0 Å². The van der Waals surface area contributed by atoms with Crippen LogP contribution in [0.1, 0.15) is 13.3 Å². The quantitative estimate of drug-likeness (QED) is 0.523. The molecular formula is C10H16BrN3. The monoisotopic (exact) mass is 257 g/mol. The van der Waals surface area contributed by atoms with Gasteiger partial charge in [0.05, 0.1) is 0 Å². The Morgan fingerprint density at radius 3 is 2.43 bits per heavy atom. The first-order valence-electron chi connectivity index (χ1n) is 4.20. The minimum atomic E-state index is 0.475. The van der Waals surface area contributed by atoms with E-state index in [0.29, 0.717) is 12.1 Å². The van der Waals surface area contributed by atoms with Gasteiger partial charge in [0.25, 0.3) is 0 Å².